The normalized spacial score (nSPS) is 10.9. The van der Waals surface area contributed by atoms with Crippen molar-refractivity contribution in [1.82, 2.24) is 10.6 Å². The van der Waals surface area contributed by atoms with Gasteiger partial charge < -0.3 is 16.4 Å². The number of amides is 3. The standard InChI is InChI=1S/C8H12N4O3/c1-5(4-6(10)13)12-8(15)7(14)11-3-2-9/h5H,3-4H2,1H3,(H2,10,13)(H,11,14)(H,12,15). The van der Waals surface area contributed by atoms with Gasteiger partial charge >= 0.3 is 11.8 Å². The first-order chi connectivity index (χ1) is 6.97. The molecular formula is C8H12N4O3. The monoisotopic (exact) mass is 212 g/mol. The molecule has 0 fully saturated rings. The van der Waals surface area contributed by atoms with Crippen LogP contribution in [0.4, 0.5) is 0 Å². The molecule has 0 aliphatic heterocycles. The van der Waals surface area contributed by atoms with Gasteiger partial charge in [-0.1, -0.05) is 0 Å². The number of carbonyl (C=O) groups excluding carboxylic acids is 3. The second kappa shape index (κ2) is 6.37. The average molecular weight is 212 g/mol. The van der Waals surface area contributed by atoms with Crippen LogP contribution in [0.1, 0.15) is 13.3 Å². The minimum Gasteiger partial charge on any atom is -0.370 e. The Kier molecular flexibility index (Phi) is 5.48. The van der Waals surface area contributed by atoms with Gasteiger partial charge in [0.1, 0.15) is 6.54 Å². The van der Waals surface area contributed by atoms with E-state index < -0.39 is 23.8 Å². The Morgan fingerprint density at radius 2 is 2.00 bits per heavy atom. The van der Waals surface area contributed by atoms with Gasteiger partial charge in [0, 0.05) is 12.5 Å². The molecule has 0 spiro atoms. The molecule has 0 aromatic rings. The maximum atomic E-state index is 11.1. The van der Waals surface area contributed by atoms with Gasteiger partial charge in [-0.05, 0) is 6.92 Å². The Bertz CT molecular complexity index is 307. The molecule has 1 atom stereocenters. The second-order valence-corrected chi connectivity index (χ2v) is 2.89. The first-order valence-corrected chi connectivity index (χ1v) is 4.21. The summed E-state index contributed by atoms with van der Waals surface area (Å²) in [5, 5.41) is 12.5. The fourth-order valence-electron chi connectivity index (χ4n) is 0.842. The number of nitrogens with one attached hydrogen (secondary N) is 2. The molecule has 0 radical (unpaired) electrons. The van der Waals surface area contributed by atoms with Crippen molar-refractivity contribution in [1.29, 1.82) is 5.26 Å². The largest absolute Gasteiger partial charge is 0.370 e. The second-order valence-electron chi connectivity index (χ2n) is 2.89. The third kappa shape index (κ3) is 6.04. The zero-order chi connectivity index (χ0) is 11.8. The molecule has 0 bridgehead atoms. The fraction of sp³-hybridized carbons (Fsp3) is 0.500. The van der Waals surface area contributed by atoms with Crippen molar-refractivity contribution in [3.05, 3.63) is 0 Å². The fourth-order valence-corrected chi connectivity index (χ4v) is 0.842. The third-order valence-corrected chi connectivity index (χ3v) is 1.42. The van der Waals surface area contributed by atoms with E-state index in [0.29, 0.717) is 0 Å². The van der Waals surface area contributed by atoms with E-state index in [4.69, 9.17) is 11.0 Å². The molecule has 15 heavy (non-hydrogen) atoms. The summed E-state index contributed by atoms with van der Waals surface area (Å²) < 4.78 is 0. The summed E-state index contributed by atoms with van der Waals surface area (Å²) in [6, 6.07) is 1.14. The molecule has 0 heterocycles. The first-order valence-electron chi connectivity index (χ1n) is 4.21. The molecule has 0 aromatic heterocycles. The van der Waals surface area contributed by atoms with Crippen LogP contribution >= 0.6 is 0 Å². The quantitative estimate of drug-likeness (QED) is 0.368. The number of nitrogens with two attached hydrogens (primary N) is 1. The number of rotatable bonds is 4. The van der Waals surface area contributed by atoms with Crippen LogP contribution in [0.2, 0.25) is 0 Å². The molecule has 0 aromatic carbocycles. The summed E-state index contributed by atoms with van der Waals surface area (Å²) in [5.41, 5.74) is 4.89. The molecule has 3 amide bonds. The SMILES string of the molecule is CC(CC(N)=O)NC(=O)C(=O)NCC#N. The third-order valence-electron chi connectivity index (χ3n) is 1.42. The van der Waals surface area contributed by atoms with Gasteiger partial charge in [-0.2, -0.15) is 5.26 Å². The van der Waals surface area contributed by atoms with E-state index in [9.17, 15) is 14.4 Å². The highest BCUT2D eigenvalue weighted by Crippen LogP contribution is 1.88. The Hall–Kier alpha value is -2.10. The van der Waals surface area contributed by atoms with Gasteiger partial charge in [0.15, 0.2) is 0 Å². The van der Waals surface area contributed by atoms with Crippen LogP contribution < -0.4 is 16.4 Å². The van der Waals surface area contributed by atoms with Crippen LogP contribution in [0.15, 0.2) is 0 Å². The minimum atomic E-state index is -0.909. The predicted octanol–water partition coefficient (Wildman–Crippen LogP) is -1.99. The van der Waals surface area contributed by atoms with Crippen molar-refractivity contribution in [2.75, 3.05) is 6.54 Å². The number of hydrogen-bond acceptors (Lipinski definition) is 4. The molecule has 1 unspecified atom stereocenters. The molecule has 0 saturated heterocycles. The van der Waals surface area contributed by atoms with Crippen LogP contribution in [-0.4, -0.2) is 30.3 Å². The topological polar surface area (TPSA) is 125 Å². The van der Waals surface area contributed by atoms with E-state index in [-0.39, 0.29) is 13.0 Å². The van der Waals surface area contributed by atoms with E-state index in [1.165, 1.54) is 0 Å². The summed E-state index contributed by atoms with van der Waals surface area (Å²) in [7, 11) is 0. The molecule has 0 aliphatic rings. The summed E-state index contributed by atoms with van der Waals surface area (Å²) >= 11 is 0. The lowest BCUT2D eigenvalue weighted by Gasteiger charge is -2.10. The molecule has 0 rings (SSSR count). The lowest BCUT2D eigenvalue weighted by molar-refractivity contribution is -0.139. The summed E-state index contributed by atoms with van der Waals surface area (Å²) in [5.74, 6) is -2.37. The van der Waals surface area contributed by atoms with Gasteiger partial charge in [-0.15, -0.1) is 0 Å². The van der Waals surface area contributed by atoms with E-state index in [1.54, 1.807) is 13.0 Å². The van der Waals surface area contributed by atoms with Crippen molar-refractivity contribution >= 4 is 17.7 Å². The molecule has 7 nitrogen and oxygen atoms in total. The zero-order valence-corrected chi connectivity index (χ0v) is 8.24. The number of primary amides is 1. The number of nitrogens with zero attached hydrogens (tertiary/aromatic N) is 1. The van der Waals surface area contributed by atoms with Crippen LogP contribution in [0, 0.1) is 11.3 Å². The van der Waals surface area contributed by atoms with Crippen LogP contribution in [-0.2, 0) is 14.4 Å². The van der Waals surface area contributed by atoms with E-state index in [2.05, 4.69) is 10.6 Å². The van der Waals surface area contributed by atoms with E-state index in [1.807, 2.05) is 0 Å². The molecule has 0 aliphatic carbocycles. The zero-order valence-electron chi connectivity index (χ0n) is 8.24. The van der Waals surface area contributed by atoms with Gasteiger partial charge in [0.05, 0.1) is 6.07 Å². The Labute approximate surface area is 86.6 Å². The highest BCUT2D eigenvalue weighted by Gasteiger charge is 2.16. The van der Waals surface area contributed by atoms with Gasteiger partial charge in [-0.3, -0.25) is 14.4 Å². The number of nitriles is 1. The maximum absolute atomic E-state index is 11.1. The van der Waals surface area contributed by atoms with Crippen molar-refractivity contribution in [3.63, 3.8) is 0 Å². The highest BCUT2D eigenvalue weighted by atomic mass is 16.2. The maximum Gasteiger partial charge on any atom is 0.310 e. The molecule has 7 heteroatoms. The molecule has 82 valence electrons. The average Bonchev–Trinajstić information content (AvgIpc) is 2.12. The lowest BCUT2D eigenvalue weighted by atomic mass is 10.2. The number of hydrogen-bond donors (Lipinski definition) is 3. The smallest absolute Gasteiger partial charge is 0.310 e. The Morgan fingerprint density at radius 3 is 2.47 bits per heavy atom. The molecular weight excluding hydrogens is 200 g/mol. The predicted molar refractivity (Wildman–Crippen MR) is 50.0 cm³/mol. The Balaban J connectivity index is 3.97. The van der Waals surface area contributed by atoms with E-state index in [0.717, 1.165) is 0 Å². The Morgan fingerprint density at radius 1 is 1.40 bits per heavy atom. The highest BCUT2D eigenvalue weighted by molar-refractivity contribution is 6.35. The van der Waals surface area contributed by atoms with Crippen molar-refractivity contribution in [2.45, 2.75) is 19.4 Å². The minimum absolute atomic E-state index is 0.0444. The molecule has 0 saturated carbocycles. The summed E-state index contributed by atoms with van der Waals surface area (Å²) in [4.78, 5) is 32.4. The van der Waals surface area contributed by atoms with Crippen molar-refractivity contribution in [3.8, 4) is 6.07 Å². The summed E-state index contributed by atoms with van der Waals surface area (Å²) in [6.45, 7) is 1.30. The van der Waals surface area contributed by atoms with Gasteiger partial charge in [0.25, 0.3) is 0 Å². The van der Waals surface area contributed by atoms with Crippen molar-refractivity contribution in [2.24, 2.45) is 5.73 Å². The van der Waals surface area contributed by atoms with Gasteiger partial charge in [0.2, 0.25) is 5.91 Å². The lowest BCUT2D eigenvalue weighted by Crippen LogP contribution is -2.44. The molecule has 4 N–H and O–H groups in total. The van der Waals surface area contributed by atoms with E-state index >= 15 is 0 Å². The van der Waals surface area contributed by atoms with Gasteiger partial charge in [-0.25, -0.2) is 0 Å². The van der Waals surface area contributed by atoms with Crippen LogP contribution in [0.25, 0.3) is 0 Å². The number of carbonyl (C=O) groups is 3. The van der Waals surface area contributed by atoms with Crippen LogP contribution in [0.5, 0.6) is 0 Å². The van der Waals surface area contributed by atoms with Crippen molar-refractivity contribution < 1.29 is 14.4 Å². The summed E-state index contributed by atoms with van der Waals surface area (Å²) in [6.07, 6.45) is -0.0444. The van der Waals surface area contributed by atoms with Crippen LogP contribution in [0.3, 0.4) is 0 Å². The first kappa shape index (κ1) is 12.9.